The molecule has 0 aliphatic heterocycles. The first-order valence-corrected chi connectivity index (χ1v) is 5.58. The highest BCUT2D eigenvalue weighted by molar-refractivity contribution is 6.42. The molecule has 1 aromatic heterocycles. The molecule has 0 unspecified atom stereocenters. The Morgan fingerprint density at radius 3 is 2.72 bits per heavy atom. The molecule has 0 spiro atoms. The molecule has 0 saturated carbocycles. The van der Waals surface area contributed by atoms with Crippen LogP contribution in [0.25, 0.3) is 0 Å². The number of carboxylic acid groups (broad SMARTS) is 1. The SMILES string of the molecule is O=C(O)c1cc(COc2ccc(Cl)c(Cl)c2)on1. The Morgan fingerprint density at radius 2 is 2.11 bits per heavy atom. The minimum Gasteiger partial charge on any atom is -0.485 e. The number of halogens is 2. The lowest BCUT2D eigenvalue weighted by Crippen LogP contribution is -1.96. The van der Waals surface area contributed by atoms with Crippen LogP contribution in [-0.2, 0) is 6.61 Å². The highest BCUT2D eigenvalue weighted by atomic mass is 35.5. The summed E-state index contributed by atoms with van der Waals surface area (Å²) in [6.45, 7) is 0.0538. The van der Waals surface area contributed by atoms with Crippen molar-refractivity contribution in [3.05, 3.63) is 45.8 Å². The lowest BCUT2D eigenvalue weighted by atomic mass is 10.3. The number of hydrogen-bond donors (Lipinski definition) is 1. The van der Waals surface area contributed by atoms with E-state index in [-0.39, 0.29) is 12.3 Å². The van der Waals surface area contributed by atoms with E-state index in [0.29, 0.717) is 21.6 Å². The number of carbonyl (C=O) groups is 1. The van der Waals surface area contributed by atoms with Crippen molar-refractivity contribution in [1.29, 1.82) is 0 Å². The number of nitrogens with zero attached hydrogens (tertiary/aromatic N) is 1. The first kappa shape index (κ1) is 12.7. The zero-order valence-electron chi connectivity index (χ0n) is 8.89. The highest BCUT2D eigenvalue weighted by Gasteiger charge is 2.11. The lowest BCUT2D eigenvalue weighted by molar-refractivity contribution is 0.0685. The Hall–Kier alpha value is -1.72. The number of aromatic carboxylic acids is 1. The molecule has 0 fully saturated rings. The summed E-state index contributed by atoms with van der Waals surface area (Å²) in [4.78, 5) is 10.6. The number of aromatic nitrogens is 1. The van der Waals surface area contributed by atoms with E-state index < -0.39 is 5.97 Å². The second-order valence-corrected chi connectivity index (χ2v) is 4.16. The van der Waals surface area contributed by atoms with Gasteiger partial charge in [0.25, 0.3) is 0 Å². The maximum absolute atomic E-state index is 10.6. The van der Waals surface area contributed by atoms with Crippen molar-refractivity contribution >= 4 is 29.2 Å². The second-order valence-electron chi connectivity index (χ2n) is 3.35. The molecule has 0 bridgehead atoms. The van der Waals surface area contributed by atoms with Gasteiger partial charge in [-0.05, 0) is 12.1 Å². The third-order valence-electron chi connectivity index (χ3n) is 2.05. The molecule has 0 atom stereocenters. The number of rotatable bonds is 4. The number of ether oxygens (including phenoxy) is 1. The van der Waals surface area contributed by atoms with E-state index in [4.69, 9.17) is 37.6 Å². The van der Waals surface area contributed by atoms with Crippen molar-refractivity contribution in [3.8, 4) is 5.75 Å². The molecule has 0 radical (unpaired) electrons. The van der Waals surface area contributed by atoms with Crippen LogP contribution in [0.1, 0.15) is 16.2 Å². The lowest BCUT2D eigenvalue weighted by Gasteiger charge is -2.04. The van der Waals surface area contributed by atoms with Crippen LogP contribution in [0, 0.1) is 0 Å². The van der Waals surface area contributed by atoms with Crippen LogP contribution in [0.3, 0.4) is 0 Å². The molecule has 0 aliphatic carbocycles. The van der Waals surface area contributed by atoms with Gasteiger partial charge in [0.05, 0.1) is 10.0 Å². The molecule has 2 aromatic rings. The number of carboxylic acids is 1. The fraction of sp³-hybridized carbons (Fsp3) is 0.0909. The predicted octanol–water partition coefficient (Wildman–Crippen LogP) is 3.26. The largest absolute Gasteiger partial charge is 0.485 e. The Labute approximate surface area is 112 Å². The van der Waals surface area contributed by atoms with Crippen LogP contribution >= 0.6 is 23.2 Å². The van der Waals surface area contributed by atoms with Gasteiger partial charge in [-0.15, -0.1) is 0 Å². The van der Waals surface area contributed by atoms with Gasteiger partial charge in [0.15, 0.2) is 11.5 Å². The van der Waals surface area contributed by atoms with Crippen molar-refractivity contribution in [3.63, 3.8) is 0 Å². The molecule has 7 heteroatoms. The van der Waals surface area contributed by atoms with Crippen molar-refractivity contribution in [2.75, 3.05) is 0 Å². The molecule has 1 N–H and O–H groups in total. The average molecular weight is 288 g/mol. The van der Waals surface area contributed by atoms with E-state index in [9.17, 15) is 4.79 Å². The fourth-order valence-corrected chi connectivity index (χ4v) is 1.49. The monoisotopic (exact) mass is 287 g/mol. The summed E-state index contributed by atoms with van der Waals surface area (Å²) < 4.78 is 10.1. The van der Waals surface area contributed by atoms with Crippen LogP contribution in [0.5, 0.6) is 5.75 Å². The normalized spacial score (nSPS) is 10.3. The third kappa shape index (κ3) is 2.94. The zero-order chi connectivity index (χ0) is 13.1. The van der Waals surface area contributed by atoms with Gasteiger partial charge in [-0.25, -0.2) is 4.79 Å². The first-order chi connectivity index (χ1) is 8.56. The van der Waals surface area contributed by atoms with Crippen LogP contribution in [0.4, 0.5) is 0 Å². The summed E-state index contributed by atoms with van der Waals surface area (Å²) in [6.07, 6.45) is 0. The van der Waals surface area contributed by atoms with Crippen LogP contribution in [-0.4, -0.2) is 16.2 Å². The van der Waals surface area contributed by atoms with Gasteiger partial charge in [-0.2, -0.15) is 0 Å². The highest BCUT2D eigenvalue weighted by Crippen LogP contribution is 2.26. The predicted molar refractivity (Wildman–Crippen MR) is 64.3 cm³/mol. The molecular formula is C11H7Cl2NO4. The molecule has 1 heterocycles. The van der Waals surface area contributed by atoms with Crippen LogP contribution < -0.4 is 4.74 Å². The minimum absolute atomic E-state index is 0.0538. The summed E-state index contributed by atoms with van der Waals surface area (Å²) in [6, 6.07) is 6.09. The van der Waals surface area contributed by atoms with Gasteiger partial charge >= 0.3 is 5.97 Å². The standard InChI is InChI=1S/C11H7Cl2NO4/c12-8-2-1-6(3-9(8)13)17-5-7-4-10(11(15)16)14-18-7/h1-4H,5H2,(H,15,16). The summed E-state index contributed by atoms with van der Waals surface area (Å²) in [5, 5.41) is 12.8. The molecular weight excluding hydrogens is 281 g/mol. The van der Waals surface area contributed by atoms with Crippen LogP contribution in [0.15, 0.2) is 28.8 Å². The molecule has 94 valence electrons. The van der Waals surface area contributed by atoms with Crippen molar-refractivity contribution in [1.82, 2.24) is 5.16 Å². The molecule has 0 saturated heterocycles. The fourth-order valence-electron chi connectivity index (χ4n) is 1.20. The molecule has 18 heavy (non-hydrogen) atoms. The second kappa shape index (κ2) is 5.29. The van der Waals surface area contributed by atoms with E-state index in [1.54, 1.807) is 18.2 Å². The van der Waals surface area contributed by atoms with Gasteiger partial charge in [0.2, 0.25) is 0 Å². The molecule has 1 aromatic carbocycles. The van der Waals surface area contributed by atoms with E-state index >= 15 is 0 Å². The van der Waals surface area contributed by atoms with Crippen molar-refractivity contribution < 1.29 is 19.2 Å². The third-order valence-corrected chi connectivity index (χ3v) is 2.79. The van der Waals surface area contributed by atoms with E-state index in [1.165, 1.54) is 6.07 Å². The average Bonchev–Trinajstić information content (AvgIpc) is 2.79. The van der Waals surface area contributed by atoms with E-state index in [2.05, 4.69) is 5.16 Å². The molecule has 0 amide bonds. The molecule has 0 aliphatic rings. The Morgan fingerprint density at radius 1 is 1.33 bits per heavy atom. The van der Waals surface area contributed by atoms with Gasteiger partial charge < -0.3 is 14.4 Å². The smallest absolute Gasteiger partial charge is 0.358 e. The van der Waals surface area contributed by atoms with Gasteiger partial charge in [0.1, 0.15) is 12.4 Å². The maximum Gasteiger partial charge on any atom is 0.358 e. The molecule has 5 nitrogen and oxygen atoms in total. The summed E-state index contributed by atoms with van der Waals surface area (Å²) in [5.74, 6) is -0.351. The first-order valence-electron chi connectivity index (χ1n) is 4.83. The van der Waals surface area contributed by atoms with E-state index in [1.807, 2.05) is 0 Å². The minimum atomic E-state index is -1.15. The maximum atomic E-state index is 10.6. The number of hydrogen-bond acceptors (Lipinski definition) is 4. The topological polar surface area (TPSA) is 72.6 Å². The summed E-state index contributed by atoms with van der Waals surface area (Å²) >= 11 is 11.6. The number of benzene rings is 1. The van der Waals surface area contributed by atoms with E-state index in [0.717, 1.165) is 0 Å². The van der Waals surface area contributed by atoms with Crippen molar-refractivity contribution in [2.24, 2.45) is 0 Å². The van der Waals surface area contributed by atoms with Gasteiger partial charge in [0, 0.05) is 12.1 Å². The van der Waals surface area contributed by atoms with Crippen LogP contribution in [0.2, 0.25) is 10.0 Å². The molecule has 2 rings (SSSR count). The summed E-state index contributed by atoms with van der Waals surface area (Å²) in [5.41, 5.74) is -0.164. The van der Waals surface area contributed by atoms with Gasteiger partial charge in [-0.3, -0.25) is 0 Å². The zero-order valence-corrected chi connectivity index (χ0v) is 10.4. The Bertz CT molecular complexity index is 582. The quantitative estimate of drug-likeness (QED) is 0.934. The Balaban J connectivity index is 2.02. The van der Waals surface area contributed by atoms with Gasteiger partial charge in [-0.1, -0.05) is 28.4 Å². The summed E-state index contributed by atoms with van der Waals surface area (Å²) in [7, 11) is 0. The Kier molecular flexibility index (Phi) is 3.74. The van der Waals surface area contributed by atoms with Crippen molar-refractivity contribution in [2.45, 2.75) is 6.61 Å².